The second kappa shape index (κ2) is 4.51. The van der Waals surface area contributed by atoms with Crippen LogP contribution in [0.1, 0.15) is 22.2 Å². The highest BCUT2D eigenvalue weighted by Crippen LogP contribution is 2.28. The number of hydrogen-bond acceptors (Lipinski definition) is 4. The van der Waals surface area contributed by atoms with Crippen molar-refractivity contribution in [3.05, 3.63) is 46.2 Å². The smallest absolute Gasteiger partial charge is 0.137 e. The molecule has 0 fully saturated rings. The molecule has 3 nitrogen and oxygen atoms in total. The van der Waals surface area contributed by atoms with E-state index in [9.17, 15) is 0 Å². The van der Waals surface area contributed by atoms with Crippen molar-refractivity contribution in [1.29, 1.82) is 0 Å². The second-order valence-electron chi connectivity index (χ2n) is 3.36. The number of aromatic nitrogens is 2. The van der Waals surface area contributed by atoms with Gasteiger partial charge in [-0.15, -0.1) is 11.3 Å². The standard InChI is InChI=1S/C11H13N3S/c1-8-3-6-15-10(8)9(7-12)11-13-4-2-5-14-11/h2-6,9H,7,12H2,1H3. The molecule has 15 heavy (non-hydrogen) atoms. The third-order valence-electron chi connectivity index (χ3n) is 2.35. The maximum atomic E-state index is 5.79. The quantitative estimate of drug-likeness (QED) is 0.858. The average molecular weight is 219 g/mol. The van der Waals surface area contributed by atoms with Crippen molar-refractivity contribution in [2.75, 3.05) is 6.54 Å². The molecule has 2 rings (SSSR count). The van der Waals surface area contributed by atoms with E-state index in [1.807, 2.05) is 6.07 Å². The summed E-state index contributed by atoms with van der Waals surface area (Å²) in [6, 6.07) is 3.92. The van der Waals surface area contributed by atoms with Crippen molar-refractivity contribution in [2.45, 2.75) is 12.8 Å². The molecular formula is C11H13N3S. The van der Waals surface area contributed by atoms with Crippen LogP contribution in [0.5, 0.6) is 0 Å². The summed E-state index contributed by atoms with van der Waals surface area (Å²) in [6.45, 7) is 2.64. The van der Waals surface area contributed by atoms with Crippen LogP contribution in [0, 0.1) is 6.92 Å². The number of hydrogen-bond donors (Lipinski definition) is 1. The zero-order valence-electron chi connectivity index (χ0n) is 8.55. The molecule has 1 atom stereocenters. The van der Waals surface area contributed by atoms with Gasteiger partial charge in [-0.25, -0.2) is 9.97 Å². The van der Waals surface area contributed by atoms with E-state index in [4.69, 9.17) is 5.73 Å². The Kier molecular flexibility index (Phi) is 3.08. The van der Waals surface area contributed by atoms with Gasteiger partial charge in [0.05, 0.1) is 5.92 Å². The number of rotatable bonds is 3. The fourth-order valence-corrected chi connectivity index (χ4v) is 2.60. The summed E-state index contributed by atoms with van der Waals surface area (Å²) in [7, 11) is 0. The van der Waals surface area contributed by atoms with Gasteiger partial charge in [0, 0.05) is 23.8 Å². The van der Waals surface area contributed by atoms with E-state index >= 15 is 0 Å². The number of thiophene rings is 1. The van der Waals surface area contributed by atoms with Crippen LogP contribution in [0.3, 0.4) is 0 Å². The lowest BCUT2D eigenvalue weighted by atomic mass is 10.0. The van der Waals surface area contributed by atoms with Crippen LogP contribution in [-0.2, 0) is 0 Å². The lowest BCUT2D eigenvalue weighted by Crippen LogP contribution is -2.16. The predicted molar refractivity (Wildman–Crippen MR) is 62.0 cm³/mol. The van der Waals surface area contributed by atoms with Crippen LogP contribution in [-0.4, -0.2) is 16.5 Å². The molecule has 0 bridgehead atoms. The Balaban J connectivity index is 2.37. The van der Waals surface area contributed by atoms with Crippen molar-refractivity contribution in [2.24, 2.45) is 5.73 Å². The van der Waals surface area contributed by atoms with Crippen molar-refractivity contribution >= 4 is 11.3 Å². The van der Waals surface area contributed by atoms with Gasteiger partial charge in [-0.1, -0.05) is 0 Å². The fraction of sp³-hybridized carbons (Fsp3) is 0.273. The van der Waals surface area contributed by atoms with Gasteiger partial charge in [-0.3, -0.25) is 0 Å². The molecule has 0 spiro atoms. The third kappa shape index (κ3) is 2.06. The maximum Gasteiger partial charge on any atom is 0.137 e. The predicted octanol–water partition coefficient (Wildman–Crippen LogP) is 1.94. The summed E-state index contributed by atoms with van der Waals surface area (Å²) in [5.41, 5.74) is 7.06. The van der Waals surface area contributed by atoms with Crippen LogP contribution in [0.15, 0.2) is 29.9 Å². The lowest BCUT2D eigenvalue weighted by Gasteiger charge is -2.12. The highest BCUT2D eigenvalue weighted by atomic mass is 32.1. The first-order chi connectivity index (χ1) is 7.33. The maximum absolute atomic E-state index is 5.79. The number of aryl methyl sites for hydroxylation is 1. The van der Waals surface area contributed by atoms with E-state index in [2.05, 4.69) is 28.3 Å². The lowest BCUT2D eigenvalue weighted by molar-refractivity contribution is 0.758. The second-order valence-corrected chi connectivity index (χ2v) is 4.31. The minimum atomic E-state index is 0.131. The van der Waals surface area contributed by atoms with Gasteiger partial charge in [0.15, 0.2) is 0 Å². The first kappa shape index (κ1) is 10.3. The van der Waals surface area contributed by atoms with Crippen molar-refractivity contribution in [3.63, 3.8) is 0 Å². The van der Waals surface area contributed by atoms with Crippen molar-refractivity contribution in [1.82, 2.24) is 9.97 Å². The van der Waals surface area contributed by atoms with Gasteiger partial charge in [0.25, 0.3) is 0 Å². The molecule has 4 heteroatoms. The van der Waals surface area contributed by atoms with E-state index in [0.29, 0.717) is 6.54 Å². The van der Waals surface area contributed by atoms with Crippen LogP contribution < -0.4 is 5.73 Å². The molecule has 2 heterocycles. The van der Waals surface area contributed by atoms with E-state index in [0.717, 1.165) is 5.82 Å². The minimum Gasteiger partial charge on any atom is -0.329 e. The zero-order valence-corrected chi connectivity index (χ0v) is 9.37. The fourth-order valence-electron chi connectivity index (χ4n) is 1.56. The van der Waals surface area contributed by atoms with Gasteiger partial charge in [0.2, 0.25) is 0 Å². The summed E-state index contributed by atoms with van der Waals surface area (Å²) in [5, 5.41) is 2.08. The molecule has 0 saturated carbocycles. The van der Waals surface area contributed by atoms with Gasteiger partial charge in [-0.05, 0) is 30.0 Å². The Morgan fingerprint density at radius 1 is 1.40 bits per heavy atom. The Hall–Kier alpha value is -1.26. The molecule has 78 valence electrons. The van der Waals surface area contributed by atoms with E-state index in [1.165, 1.54) is 10.4 Å². The normalized spacial score (nSPS) is 12.7. The first-order valence-corrected chi connectivity index (χ1v) is 5.72. The van der Waals surface area contributed by atoms with Crippen LogP contribution >= 0.6 is 11.3 Å². The zero-order chi connectivity index (χ0) is 10.7. The van der Waals surface area contributed by atoms with E-state index < -0.39 is 0 Å². The SMILES string of the molecule is Cc1ccsc1C(CN)c1ncccn1. The van der Waals surface area contributed by atoms with Gasteiger partial charge >= 0.3 is 0 Å². The molecule has 2 aromatic rings. The largest absolute Gasteiger partial charge is 0.329 e. The Labute approximate surface area is 93.0 Å². The molecule has 2 N–H and O–H groups in total. The van der Waals surface area contributed by atoms with Crippen molar-refractivity contribution in [3.8, 4) is 0 Å². The summed E-state index contributed by atoms with van der Waals surface area (Å²) < 4.78 is 0. The van der Waals surface area contributed by atoms with E-state index in [1.54, 1.807) is 23.7 Å². The molecule has 0 aliphatic rings. The summed E-state index contributed by atoms with van der Waals surface area (Å²) in [6.07, 6.45) is 3.52. The average Bonchev–Trinajstić information content (AvgIpc) is 2.68. The molecule has 0 radical (unpaired) electrons. The summed E-state index contributed by atoms with van der Waals surface area (Å²) in [4.78, 5) is 9.79. The Morgan fingerprint density at radius 3 is 2.67 bits per heavy atom. The summed E-state index contributed by atoms with van der Waals surface area (Å²) >= 11 is 1.72. The van der Waals surface area contributed by atoms with Gasteiger partial charge in [-0.2, -0.15) is 0 Å². The summed E-state index contributed by atoms with van der Waals surface area (Å²) in [5.74, 6) is 0.941. The molecule has 0 amide bonds. The van der Waals surface area contributed by atoms with Crippen LogP contribution in [0.2, 0.25) is 0 Å². The third-order valence-corrected chi connectivity index (χ3v) is 3.48. The highest BCUT2D eigenvalue weighted by molar-refractivity contribution is 7.10. The van der Waals surface area contributed by atoms with Crippen LogP contribution in [0.4, 0.5) is 0 Å². The van der Waals surface area contributed by atoms with E-state index in [-0.39, 0.29) is 5.92 Å². The van der Waals surface area contributed by atoms with Gasteiger partial charge in [0.1, 0.15) is 5.82 Å². The molecule has 2 aromatic heterocycles. The molecule has 0 saturated heterocycles. The molecule has 1 unspecified atom stereocenters. The monoisotopic (exact) mass is 219 g/mol. The molecular weight excluding hydrogens is 206 g/mol. The van der Waals surface area contributed by atoms with Crippen molar-refractivity contribution < 1.29 is 0 Å². The Bertz CT molecular complexity index is 424. The van der Waals surface area contributed by atoms with Crippen LogP contribution in [0.25, 0.3) is 0 Å². The minimum absolute atomic E-state index is 0.131. The molecule has 0 aliphatic carbocycles. The topological polar surface area (TPSA) is 51.8 Å². The first-order valence-electron chi connectivity index (χ1n) is 4.84. The van der Waals surface area contributed by atoms with Gasteiger partial charge < -0.3 is 5.73 Å². The number of nitrogens with two attached hydrogens (primary N) is 1. The highest BCUT2D eigenvalue weighted by Gasteiger charge is 2.17. The number of nitrogens with zero attached hydrogens (tertiary/aromatic N) is 2. The molecule has 0 aromatic carbocycles. The molecule has 0 aliphatic heterocycles. The Morgan fingerprint density at radius 2 is 2.13 bits per heavy atom.